The molecule has 0 N–H and O–H groups in total. The number of fused-ring (bicyclic) bond motifs is 4. The van der Waals surface area contributed by atoms with Crippen LogP contribution in [0.15, 0.2) is 0 Å². The van der Waals surface area contributed by atoms with E-state index in [0.29, 0.717) is 11.2 Å². The third-order valence-electron chi connectivity index (χ3n) is 5.98. The van der Waals surface area contributed by atoms with Gasteiger partial charge in [0.1, 0.15) is 0 Å². The van der Waals surface area contributed by atoms with Crippen molar-refractivity contribution in [3.05, 3.63) is 0 Å². The van der Waals surface area contributed by atoms with Gasteiger partial charge < -0.3 is 4.52 Å². The molecule has 4 aliphatic carbocycles. The van der Waals surface area contributed by atoms with Crippen LogP contribution in [0.3, 0.4) is 0 Å². The van der Waals surface area contributed by atoms with E-state index in [1.54, 1.807) is 11.4 Å². The summed E-state index contributed by atoms with van der Waals surface area (Å²) in [5.74, 6) is 0.553. The van der Waals surface area contributed by atoms with E-state index in [9.17, 15) is 4.57 Å². The summed E-state index contributed by atoms with van der Waals surface area (Å²) in [7, 11) is 1.19. The molecule has 0 aliphatic heterocycles. The number of hydrogen-bond donors (Lipinski definition) is 1. The highest BCUT2D eigenvalue weighted by Crippen LogP contribution is 2.76. The highest BCUT2D eigenvalue weighted by atomic mass is 33.4. The van der Waals surface area contributed by atoms with E-state index in [0.717, 1.165) is 24.2 Å². The van der Waals surface area contributed by atoms with Crippen molar-refractivity contribution >= 4 is 39.2 Å². The van der Waals surface area contributed by atoms with Crippen molar-refractivity contribution in [2.45, 2.75) is 62.7 Å². The average molecular weight is 351 g/mol. The van der Waals surface area contributed by atoms with Crippen LogP contribution in [-0.4, -0.2) is 11.4 Å². The van der Waals surface area contributed by atoms with Crippen LogP contribution in [0.2, 0.25) is 0 Å². The zero-order valence-corrected chi connectivity index (χ0v) is 15.1. The summed E-state index contributed by atoms with van der Waals surface area (Å²) < 4.78 is 19.2. The summed E-state index contributed by atoms with van der Waals surface area (Å²) >= 11 is 5.95. The van der Waals surface area contributed by atoms with Crippen LogP contribution in [0.4, 0.5) is 0 Å². The van der Waals surface area contributed by atoms with Gasteiger partial charge in [0.05, 0.1) is 6.10 Å². The lowest BCUT2D eigenvalue weighted by Gasteiger charge is -2.29. The Morgan fingerprint density at radius 3 is 2.15 bits per heavy atom. The summed E-state index contributed by atoms with van der Waals surface area (Å²) in [6.07, 6.45) is 10.7. The van der Waals surface area contributed by atoms with Crippen molar-refractivity contribution in [3.63, 3.8) is 0 Å². The van der Waals surface area contributed by atoms with Crippen molar-refractivity contribution in [2.24, 2.45) is 23.7 Å². The van der Waals surface area contributed by atoms with E-state index < -0.39 is 5.77 Å². The molecule has 6 heteroatoms. The Morgan fingerprint density at radius 1 is 0.950 bits per heavy atom. The minimum atomic E-state index is -2.66. The molecular weight excluding hydrogens is 327 g/mol. The molecule has 0 heterocycles. The molecule has 0 aromatic heterocycles. The predicted molar refractivity (Wildman–Crippen MR) is 91.3 cm³/mol. The Labute approximate surface area is 134 Å². The summed E-state index contributed by atoms with van der Waals surface area (Å²) in [5, 5.41) is 0.567. The summed E-state index contributed by atoms with van der Waals surface area (Å²) in [4.78, 5) is 0. The topological polar surface area (TPSA) is 26.3 Å². The van der Waals surface area contributed by atoms with E-state index in [2.05, 4.69) is 11.7 Å². The summed E-state index contributed by atoms with van der Waals surface area (Å²) in [5.41, 5.74) is 0. The molecule has 4 aliphatic rings. The van der Waals surface area contributed by atoms with Gasteiger partial charge in [-0.1, -0.05) is 17.8 Å². The molecule has 0 amide bonds. The van der Waals surface area contributed by atoms with Gasteiger partial charge in [0.15, 0.2) is 0 Å². The normalized spacial score (nSPS) is 48.9. The van der Waals surface area contributed by atoms with Gasteiger partial charge >= 0.3 is 5.77 Å². The minimum absolute atomic E-state index is 0.255. The molecule has 7 atom stereocenters. The van der Waals surface area contributed by atoms with Gasteiger partial charge in [0.2, 0.25) is 0 Å². The standard InChI is InChI=1S/C14H23O2PS3/c15-17(20-18,16-13-7-9-1-3-11(13)5-9)19-14-8-10-2-4-12(14)6-10/h9-14,18H,1-8H2. The Morgan fingerprint density at radius 2 is 1.65 bits per heavy atom. The molecule has 0 saturated heterocycles. The molecule has 20 heavy (non-hydrogen) atoms. The second-order valence-electron chi connectivity index (χ2n) is 7.17. The van der Waals surface area contributed by atoms with Crippen molar-refractivity contribution in [1.29, 1.82) is 0 Å². The van der Waals surface area contributed by atoms with Gasteiger partial charge in [-0.25, -0.2) is 0 Å². The molecule has 4 rings (SSSR count). The van der Waals surface area contributed by atoms with Crippen LogP contribution >= 0.6 is 39.2 Å². The Kier molecular flexibility index (Phi) is 4.22. The first-order valence-electron chi connectivity index (χ1n) is 7.95. The van der Waals surface area contributed by atoms with Crippen LogP contribution in [0.5, 0.6) is 0 Å². The first-order valence-corrected chi connectivity index (χ1v) is 13.5. The Balaban J connectivity index is 1.39. The third kappa shape index (κ3) is 2.75. The van der Waals surface area contributed by atoms with E-state index in [4.69, 9.17) is 4.52 Å². The van der Waals surface area contributed by atoms with Crippen molar-refractivity contribution in [2.75, 3.05) is 0 Å². The zero-order valence-electron chi connectivity index (χ0n) is 11.6. The minimum Gasteiger partial charge on any atom is -0.309 e. The molecule has 0 aromatic carbocycles. The van der Waals surface area contributed by atoms with Crippen molar-refractivity contribution in [1.82, 2.24) is 0 Å². The highest BCUT2D eigenvalue weighted by Gasteiger charge is 2.47. The first-order chi connectivity index (χ1) is 9.65. The van der Waals surface area contributed by atoms with E-state index in [-0.39, 0.29) is 6.10 Å². The zero-order chi connectivity index (χ0) is 13.7. The van der Waals surface area contributed by atoms with Crippen LogP contribution in [-0.2, 0) is 9.09 Å². The molecule has 0 aromatic rings. The molecule has 4 saturated carbocycles. The van der Waals surface area contributed by atoms with Crippen LogP contribution in [0.1, 0.15) is 51.4 Å². The van der Waals surface area contributed by atoms with Crippen LogP contribution in [0.25, 0.3) is 0 Å². The number of thiol groups is 1. The van der Waals surface area contributed by atoms with Gasteiger partial charge in [-0.15, -0.1) is 11.7 Å². The van der Waals surface area contributed by atoms with Gasteiger partial charge in [-0.3, -0.25) is 4.57 Å². The molecule has 0 spiro atoms. The molecule has 114 valence electrons. The lowest BCUT2D eigenvalue weighted by molar-refractivity contribution is 0.151. The second-order valence-corrected chi connectivity index (χ2v) is 15.4. The molecule has 4 fully saturated rings. The van der Waals surface area contributed by atoms with Gasteiger partial charge in [0.25, 0.3) is 0 Å². The smallest absolute Gasteiger partial charge is 0.309 e. The second kappa shape index (κ2) is 5.70. The number of hydrogen-bond acceptors (Lipinski definition) is 5. The molecule has 4 bridgehead atoms. The van der Waals surface area contributed by atoms with Crippen molar-refractivity contribution in [3.8, 4) is 0 Å². The molecule has 2 nitrogen and oxygen atoms in total. The fourth-order valence-corrected chi connectivity index (χ4v) is 12.4. The van der Waals surface area contributed by atoms with Crippen LogP contribution in [0, 0.1) is 23.7 Å². The monoisotopic (exact) mass is 350 g/mol. The third-order valence-corrected chi connectivity index (χ3v) is 14.9. The molecule has 0 radical (unpaired) electrons. The highest BCUT2D eigenvalue weighted by molar-refractivity contribution is 9.08. The Hall–Kier alpha value is 1.24. The maximum atomic E-state index is 13.1. The summed E-state index contributed by atoms with van der Waals surface area (Å²) in [6.45, 7) is 0. The lowest BCUT2D eigenvalue weighted by Crippen LogP contribution is -2.19. The van der Waals surface area contributed by atoms with E-state index in [1.807, 2.05) is 0 Å². The average Bonchev–Trinajstić information content (AvgIpc) is 3.18. The molecular formula is C14H23O2PS3. The van der Waals surface area contributed by atoms with Gasteiger partial charge in [-0.2, -0.15) is 0 Å². The van der Waals surface area contributed by atoms with E-state index in [1.165, 1.54) is 55.4 Å². The summed E-state index contributed by atoms with van der Waals surface area (Å²) in [6, 6.07) is 0. The maximum Gasteiger partial charge on any atom is 0.323 e. The fourth-order valence-electron chi connectivity index (χ4n) is 5.03. The lowest BCUT2D eigenvalue weighted by atomic mass is 9.98. The predicted octanol–water partition coefficient (Wildman–Crippen LogP) is 5.80. The maximum absolute atomic E-state index is 13.1. The van der Waals surface area contributed by atoms with Crippen molar-refractivity contribution < 1.29 is 9.09 Å². The van der Waals surface area contributed by atoms with Gasteiger partial charge in [0, 0.05) is 15.7 Å². The number of rotatable bonds is 5. The van der Waals surface area contributed by atoms with Gasteiger partial charge in [-0.05, 0) is 68.6 Å². The fraction of sp³-hybridized carbons (Fsp3) is 1.00. The molecule has 7 unspecified atom stereocenters. The quantitative estimate of drug-likeness (QED) is 0.385. The first kappa shape index (κ1) is 14.8. The van der Waals surface area contributed by atoms with E-state index >= 15 is 0 Å². The largest absolute Gasteiger partial charge is 0.323 e. The van der Waals surface area contributed by atoms with Crippen LogP contribution < -0.4 is 0 Å². The Bertz CT molecular complexity index is 399. The SMILES string of the molecule is O=P(OC1CC2CCC1C2)(SS)SC1CC2CCC1C2.